The molecule has 0 aliphatic carbocycles. The van der Waals surface area contributed by atoms with Crippen LogP contribution >= 0.6 is 0 Å². The number of carbonyl (C=O) groups excluding carboxylic acids is 2. The van der Waals surface area contributed by atoms with E-state index >= 15 is 0 Å². The molecule has 0 aromatic heterocycles. The highest BCUT2D eigenvalue weighted by atomic mass is 32.2. The molecule has 0 bridgehead atoms. The number of halogens is 3. The van der Waals surface area contributed by atoms with Crippen LogP contribution in [0.1, 0.15) is 31.4 Å². The van der Waals surface area contributed by atoms with Crippen molar-refractivity contribution >= 4 is 33.2 Å². The number of nitrogens with zero attached hydrogens (tertiary/aromatic N) is 2. The number of sulfonamides is 1. The number of alkyl halides is 3. The molecule has 2 atom stereocenters. The summed E-state index contributed by atoms with van der Waals surface area (Å²) in [5.74, 6) is -2.07. The number of nitrogens with one attached hydrogen (secondary N) is 2. The first-order valence-corrected chi connectivity index (χ1v) is 14.4. The highest BCUT2D eigenvalue weighted by Gasteiger charge is 2.35. The van der Waals surface area contributed by atoms with E-state index < -0.39 is 46.2 Å². The van der Waals surface area contributed by atoms with Gasteiger partial charge >= 0.3 is 6.36 Å². The van der Waals surface area contributed by atoms with Crippen molar-refractivity contribution in [1.82, 2.24) is 10.0 Å². The first-order valence-electron chi connectivity index (χ1n) is 12.9. The van der Waals surface area contributed by atoms with E-state index in [2.05, 4.69) is 19.8 Å². The minimum absolute atomic E-state index is 0.0621. The molecule has 13 heteroatoms. The zero-order chi connectivity index (χ0) is 30.7. The average molecular weight is 603 g/mol. The van der Waals surface area contributed by atoms with Gasteiger partial charge in [0.1, 0.15) is 11.8 Å². The maximum atomic E-state index is 13.5. The quantitative estimate of drug-likeness (QED) is 0.380. The van der Waals surface area contributed by atoms with Gasteiger partial charge in [0.05, 0.1) is 16.3 Å². The number of aliphatic imine (C=N–C) groups is 1. The highest BCUT2D eigenvalue weighted by Crippen LogP contribution is 2.28. The number of anilines is 1. The fraction of sp³-hybridized carbons (Fsp3) is 0.276. The summed E-state index contributed by atoms with van der Waals surface area (Å²) in [5.41, 5.74) is 2.44. The molecule has 3 aromatic rings. The number of ether oxygens (including phenoxy) is 1. The summed E-state index contributed by atoms with van der Waals surface area (Å²) >= 11 is 0. The number of fused-ring (bicyclic) bond motifs is 1. The standard InChI is InChI=1S/C29H29F3N4O5S/c1-18(2)17-23(35-42(39,40)21-15-13-20(14-16-21)41-29(30,31)32)27(37)34-26-28(38)36(3)24-12-8-7-11-22(24)25(33-26)19-9-5-4-6-10-19/h4-16,18,23,26,35H,17H2,1-3H3,(H,34,37). The summed E-state index contributed by atoms with van der Waals surface area (Å²) < 4.78 is 69.8. The van der Waals surface area contributed by atoms with Crippen LogP contribution in [0.15, 0.2) is 88.8 Å². The third-order valence-electron chi connectivity index (χ3n) is 6.36. The summed E-state index contributed by atoms with van der Waals surface area (Å²) in [6, 6.07) is 18.6. The van der Waals surface area contributed by atoms with Gasteiger partial charge in [-0.3, -0.25) is 9.59 Å². The number of benzene rings is 3. The Balaban J connectivity index is 1.62. The first kappa shape index (κ1) is 30.7. The zero-order valence-corrected chi connectivity index (χ0v) is 23.7. The lowest BCUT2D eigenvalue weighted by Gasteiger charge is -2.24. The number of rotatable bonds is 9. The van der Waals surface area contributed by atoms with Gasteiger partial charge in [-0.15, -0.1) is 13.2 Å². The van der Waals surface area contributed by atoms with Gasteiger partial charge in [0.15, 0.2) is 0 Å². The van der Waals surface area contributed by atoms with E-state index in [1.54, 1.807) is 33.0 Å². The normalized spacial score (nSPS) is 16.4. The molecule has 1 aliphatic heterocycles. The molecule has 0 saturated heterocycles. The molecule has 222 valence electrons. The number of amides is 2. The van der Waals surface area contributed by atoms with E-state index in [-0.39, 0.29) is 17.2 Å². The Hall–Kier alpha value is -4.23. The van der Waals surface area contributed by atoms with Crippen molar-refractivity contribution in [1.29, 1.82) is 0 Å². The number of carbonyl (C=O) groups is 2. The van der Waals surface area contributed by atoms with Gasteiger partial charge in [0, 0.05) is 18.2 Å². The molecule has 2 N–H and O–H groups in total. The number of hydrogen-bond donors (Lipinski definition) is 2. The van der Waals surface area contributed by atoms with Crippen LogP contribution in [0.2, 0.25) is 0 Å². The van der Waals surface area contributed by atoms with Crippen molar-refractivity contribution in [3.63, 3.8) is 0 Å². The van der Waals surface area contributed by atoms with Gasteiger partial charge in [0.2, 0.25) is 22.1 Å². The lowest BCUT2D eigenvalue weighted by atomic mass is 10.0. The van der Waals surface area contributed by atoms with Crippen molar-refractivity contribution in [3.05, 3.63) is 90.0 Å². The molecule has 0 spiro atoms. The van der Waals surface area contributed by atoms with Crippen molar-refractivity contribution in [3.8, 4) is 5.75 Å². The Morgan fingerprint density at radius 1 is 1.00 bits per heavy atom. The van der Waals surface area contributed by atoms with Crippen molar-refractivity contribution < 1.29 is 35.9 Å². The summed E-state index contributed by atoms with van der Waals surface area (Å²) in [6.07, 6.45) is -6.25. The van der Waals surface area contributed by atoms with Crippen molar-refractivity contribution in [2.75, 3.05) is 11.9 Å². The molecule has 2 amide bonds. The van der Waals surface area contributed by atoms with Crippen LogP contribution in [0.5, 0.6) is 5.75 Å². The second kappa shape index (κ2) is 12.3. The third kappa shape index (κ3) is 7.34. The number of benzodiazepines with no additional fused rings is 1. The average Bonchev–Trinajstić information content (AvgIpc) is 3.03. The fourth-order valence-electron chi connectivity index (χ4n) is 4.43. The van der Waals surface area contributed by atoms with Crippen LogP contribution in [-0.2, 0) is 19.6 Å². The Bertz CT molecular complexity index is 1580. The molecule has 0 saturated carbocycles. The Morgan fingerprint density at radius 2 is 1.62 bits per heavy atom. The molecule has 42 heavy (non-hydrogen) atoms. The Kier molecular flexibility index (Phi) is 9.02. The Morgan fingerprint density at radius 3 is 2.24 bits per heavy atom. The monoisotopic (exact) mass is 602 g/mol. The molecule has 9 nitrogen and oxygen atoms in total. The second-order valence-corrected chi connectivity index (χ2v) is 11.7. The molecule has 4 rings (SSSR count). The van der Waals surface area contributed by atoms with E-state index in [0.717, 1.165) is 24.3 Å². The smallest absolute Gasteiger partial charge is 0.406 e. The van der Waals surface area contributed by atoms with Gasteiger partial charge in [-0.25, -0.2) is 13.4 Å². The molecule has 0 fully saturated rings. The molecular formula is C29H29F3N4O5S. The number of likely N-dealkylation sites (N-methyl/N-ethyl adjacent to an activating group) is 1. The van der Waals surface area contributed by atoms with Crippen molar-refractivity contribution in [2.45, 2.75) is 43.7 Å². The minimum atomic E-state index is -4.94. The third-order valence-corrected chi connectivity index (χ3v) is 7.85. The summed E-state index contributed by atoms with van der Waals surface area (Å²) in [6.45, 7) is 3.56. The van der Waals surface area contributed by atoms with Gasteiger partial charge in [0.25, 0.3) is 5.91 Å². The number of hydrogen-bond acceptors (Lipinski definition) is 6. The van der Waals surface area contributed by atoms with Gasteiger partial charge in [-0.1, -0.05) is 62.4 Å². The lowest BCUT2D eigenvalue weighted by molar-refractivity contribution is -0.274. The molecular weight excluding hydrogens is 573 g/mol. The van der Waals surface area contributed by atoms with Crippen LogP contribution in [-0.4, -0.2) is 51.6 Å². The first-order chi connectivity index (χ1) is 19.7. The van der Waals surface area contributed by atoms with Crippen molar-refractivity contribution in [2.24, 2.45) is 10.9 Å². The van der Waals surface area contributed by atoms with E-state index in [4.69, 9.17) is 0 Å². The molecule has 0 radical (unpaired) electrons. The number of para-hydroxylation sites is 1. The van der Waals surface area contributed by atoms with Crippen LogP contribution in [0.4, 0.5) is 18.9 Å². The van der Waals surface area contributed by atoms with Crippen LogP contribution in [0.3, 0.4) is 0 Å². The van der Waals surface area contributed by atoms with E-state index in [0.29, 0.717) is 22.5 Å². The SMILES string of the molecule is CC(C)CC(NS(=O)(=O)c1ccc(OC(F)(F)F)cc1)C(=O)NC1N=C(c2ccccc2)c2ccccc2N(C)C1=O. The largest absolute Gasteiger partial charge is 0.573 e. The molecule has 1 heterocycles. The summed E-state index contributed by atoms with van der Waals surface area (Å²) in [5, 5.41) is 2.60. The minimum Gasteiger partial charge on any atom is -0.406 e. The molecule has 3 aromatic carbocycles. The summed E-state index contributed by atoms with van der Waals surface area (Å²) in [7, 11) is -2.80. The van der Waals surface area contributed by atoms with Gasteiger partial charge < -0.3 is 15.0 Å². The molecule has 1 aliphatic rings. The summed E-state index contributed by atoms with van der Waals surface area (Å²) in [4.78, 5) is 32.6. The maximum absolute atomic E-state index is 13.5. The lowest BCUT2D eigenvalue weighted by Crippen LogP contribution is -2.53. The predicted molar refractivity (Wildman–Crippen MR) is 151 cm³/mol. The zero-order valence-electron chi connectivity index (χ0n) is 22.9. The van der Waals surface area contributed by atoms with Crippen LogP contribution < -0.4 is 19.7 Å². The van der Waals surface area contributed by atoms with E-state index in [9.17, 15) is 31.2 Å². The second-order valence-electron chi connectivity index (χ2n) is 9.99. The van der Waals surface area contributed by atoms with E-state index in [1.807, 2.05) is 42.5 Å². The topological polar surface area (TPSA) is 117 Å². The van der Waals surface area contributed by atoms with E-state index in [1.165, 1.54) is 4.90 Å². The van der Waals surface area contributed by atoms with Crippen LogP contribution in [0.25, 0.3) is 0 Å². The Labute approximate surface area is 241 Å². The van der Waals surface area contributed by atoms with Gasteiger partial charge in [-0.2, -0.15) is 4.72 Å². The predicted octanol–water partition coefficient (Wildman–Crippen LogP) is 4.23. The fourth-order valence-corrected chi connectivity index (χ4v) is 5.64. The van der Waals surface area contributed by atoms with Crippen LogP contribution in [0, 0.1) is 5.92 Å². The molecule has 2 unspecified atom stereocenters. The van der Waals surface area contributed by atoms with Gasteiger partial charge in [-0.05, 0) is 42.7 Å². The highest BCUT2D eigenvalue weighted by molar-refractivity contribution is 7.89. The maximum Gasteiger partial charge on any atom is 0.573 e.